The summed E-state index contributed by atoms with van der Waals surface area (Å²) < 4.78 is 48.3. The molecule has 3 heterocycles. The minimum Gasteiger partial charge on any atom is -0.473 e. The van der Waals surface area contributed by atoms with Gasteiger partial charge in [-0.3, -0.25) is 4.72 Å². The highest BCUT2D eigenvalue weighted by Crippen LogP contribution is 2.35. The van der Waals surface area contributed by atoms with Crippen LogP contribution in [0.3, 0.4) is 0 Å². The van der Waals surface area contributed by atoms with Gasteiger partial charge in [-0.25, -0.2) is 19.9 Å². The molecule has 4 aromatic rings. The number of nitrogens with one attached hydrogen (secondary N) is 2. The second-order valence-electron chi connectivity index (χ2n) is 6.80. The SMILES string of the molecule is O=S(=O)(NCc1ccco1)Nc1ncnc(OCCOc2ncc(Br)cn2)c1-c1ccc(Br)cc1. The molecule has 0 spiro atoms. The molecule has 0 amide bonds. The van der Waals surface area contributed by atoms with Gasteiger partial charge in [-0.05, 0) is 45.8 Å². The van der Waals surface area contributed by atoms with E-state index in [1.54, 1.807) is 36.7 Å². The van der Waals surface area contributed by atoms with E-state index in [-0.39, 0.29) is 37.5 Å². The Bertz CT molecular complexity index is 1350. The predicted molar refractivity (Wildman–Crippen MR) is 134 cm³/mol. The quantitative estimate of drug-likeness (QED) is 0.237. The highest BCUT2D eigenvalue weighted by Gasteiger charge is 2.20. The Kier molecular flexibility index (Phi) is 8.28. The van der Waals surface area contributed by atoms with Crippen molar-refractivity contribution in [1.29, 1.82) is 0 Å². The molecule has 0 saturated carbocycles. The molecule has 11 nitrogen and oxygen atoms in total. The van der Waals surface area contributed by atoms with Crippen LogP contribution < -0.4 is 18.9 Å². The van der Waals surface area contributed by atoms with Gasteiger partial charge in [0.1, 0.15) is 25.3 Å². The van der Waals surface area contributed by atoms with Gasteiger partial charge in [-0.1, -0.05) is 28.1 Å². The fourth-order valence-corrected chi connectivity index (χ4v) is 4.10. The third-order valence-corrected chi connectivity index (χ3v) is 6.27. The van der Waals surface area contributed by atoms with Crippen LogP contribution in [0.15, 0.2) is 74.7 Å². The summed E-state index contributed by atoms with van der Waals surface area (Å²) in [5.41, 5.74) is 1.01. The van der Waals surface area contributed by atoms with E-state index in [1.165, 1.54) is 12.6 Å². The molecular formula is C21H18Br2N6O5S. The van der Waals surface area contributed by atoms with Crippen molar-refractivity contribution in [2.24, 2.45) is 0 Å². The lowest BCUT2D eigenvalue weighted by Gasteiger charge is -2.15. The van der Waals surface area contributed by atoms with Crippen molar-refractivity contribution in [2.45, 2.75) is 6.54 Å². The van der Waals surface area contributed by atoms with Crippen LogP contribution in [0.2, 0.25) is 0 Å². The predicted octanol–water partition coefficient (Wildman–Crippen LogP) is 3.96. The molecule has 2 N–H and O–H groups in total. The van der Waals surface area contributed by atoms with Crippen LogP contribution in [0.1, 0.15) is 5.76 Å². The molecule has 14 heteroatoms. The van der Waals surface area contributed by atoms with Crippen molar-refractivity contribution >= 4 is 47.9 Å². The Morgan fingerprint density at radius 2 is 1.66 bits per heavy atom. The Morgan fingerprint density at radius 1 is 0.914 bits per heavy atom. The smallest absolute Gasteiger partial charge is 0.316 e. The molecule has 0 bridgehead atoms. The first-order valence-electron chi connectivity index (χ1n) is 10.0. The molecular weight excluding hydrogens is 608 g/mol. The van der Waals surface area contributed by atoms with E-state index in [2.05, 4.69) is 61.2 Å². The van der Waals surface area contributed by atoms with Crippen molar-refractivity contribution in [3.05, 3.63) is 76.1 Å². The maximum absolute atomic E-state index is 12.7. The molecule has 0 atom stereocenters. The number of nitrogens with zero attached hydrogens (tertiary/aromatic N) is 4. The minimum absolute atomic E-state index is 0.0279. The van der Waals surface area contributed by atoms with Crippen LogP contribution in [0, 0.1) is 0 Å². The monoisotopic (exact) mass is 624 g/mol. The number of ether oxygens (including phenoxy) is 2. The van der Waals surface area contributed by atoms with Gasteiger partial charge in [0.15, 0.2) is 5.82 Å². The number of hydrogen-bond acceptors (Lipinski definition) is 9. The van der Waals surface area contributed by atoms with Gasteiger partial charge in [0.2, 0.25) is 5.88 Å². The summed E-state index contributed by atoms with van der Waals surface area (Å²) in [6.45, 7) is 0.208. The van der Waals surface area contributed by atoms with Crippen LogP contribution in [0.5, 0.6) is 11.9 Å². The Balaban J connectivity index is 1.52. The molecule has 3 aromatic heterocycles. The van der Waals surface area contributed by atoms with E-state index in [1.807, 2.05) is 12.1 Å². The molecule has 35 heavy (non-hydrogen) atoms. The second-order valence-corrected chi connectivity index (χ2v) is 10.1. The lowest BCUT2D eigenvalue weighted by Crippen LogP contribution is -2.30. The topological polar surface area (TPSA) is 141 Å². The molecule has 0 aliphatic heterocycles. The average molecular weight is 626 g/mol. The maximum Gasteiger partial charge on any atom is 0.316 e. The molecule has 1 aromatic carbocycles. The Labute approximate surface area is 217 Å². The summed E-state index contributed by atoms with van der Waals surface area (Å²) in [5, 5.41) is 0. The van der Waals surface area contributed by atoms with E-state index in [0.29, 0.717) is 16.9 Å². The third-order valence-electron chi connectivity index (χ3n) is 4.34. The van der Waals surface area contributed by atoms with Crippen molar-refractivity contribution in [3.8, 4) is 23.0 Å². The molecule has 0 radical (unpaired) electrons. The van der Waals surface area contributed by atoms with Gasteiger partial charge in [-0.15, -0.1) is 0 Å². The number of furan rings is 1. The first kappa shape index (κ1) is 25.0. The lowest BCUT2D eigenvalue weighted by molar-refractivity contribution is 0.202. The molecule has 182 valence electrons. The number of halogens is 2. The molecule has 0 aliphatic rings. The zero-order chi connectivity index (χ0) is 24.7. The molecule has 4 rings (SSSR count). The van der Waals surface area contributed by atoms with Crippen LogP contribution >= 0.6 is 31.9 Å². The number of aromatic nitrogens is 4. The van der Waals surface area contributed by atoms with Crippen molar-refractivity contribution in [2.75, 3.05) is 17.9 Å². The normalized spacial score (nSPS) is 11.3. The zero-order valence-corrected chi connectivity index (χ0v) is 21.9. The minimum atomic E-state index is -3.99. The average Bonchev–Trinajstić information content (AvgIpc) is 3.36. The number of rotatable bonds is 11. The lowest BCUT2D eigenvalue weighted by atomic mass is 10.1. The summed E-state index contributed by atoms with van der Waals surface area (Å²) >= 11 is 6.66. The van der Waals surface area contributed by atoms with Crippen molar-refractivity contribution in [3.63, 3.8) is 0 Å². The highest BCUT2D eigenvalue weighted by atomic mass is 79.9. The van der Waals surface area contributed by atoms with Crippen LogP contribution in [0.4, 0.5) is 5.82 Å². The summed E-state index contributed by atoms with van der Waals surface area (Å²) in [6.07, 6.45) is 5.80. The Morgan fingerprint density at radius 3 is 2.37 bits per heavy atom. The summed E-state index contributed by atoms with van der Waals surface area (Å²) in [7, 11) is -3.99. The van der Waals surface area contributed by atoms with Crippen LogP contribution in [-0.2, 0) is 16.8 Å². The van der Waals surface area contributed by atoms with E-state index >= 15 is 0 Å². The molecule has 0 fully saturated rings. The summed E-state index contributed by atoms with van der Waals surface area (Å²) in [6, 6.07) is 10.7. The second kappa shape index (κ2) is 11.6. The molecule has 0 unspecified atom stereocenters. The largest absolute Gasteiger partial charge is 0.473 e. The van der Waals surface area contributed by atoms with Gasteiger partial charge < -0.3 is 13.9 Å². The summed E-state index contributed by atoms with van der Waals surface area (Å²) in [5.74, 6) is 0.679. The first-order valence-corrected chi connectivity index (χ1v) is 13.1. The van der Waals surface area contributed by atoms with E-state index in [4.69, 9.17) is 13.9 Å². The van der Waals surface area contributed by atoms with Gasteiger partial charge in [-0.2, -0.15) is 13.1 Å². The fourth-order valence-electron chi connectivity index (χ4n) is 2.82. The van der Waals surface area contributed by atoms with Gasteiger partial charge in [0, 0.05) is 16.9 Å². The number of anilines is 1. The first-order chi connectivity index (χ1) is 16.9. The standard InChI is InChI=1S/C21H18Br2N6O5S/c22-15-5-3-14(4-6-15)18-19(29-35(30,31)28-12-17-2-1-7-32-17)26-13-27-20(18)33-8-9-34-21-24-10-16(23)11-25-21/h1-7,10-11,13,28H,8-9,12H2,(H,26,27,29). The van der Waals surface area contributed by atoms with Gasteiger partial charge >= 0.3 is 16.2 Å². The number of hydrogen-bond donors (Lipinski definition) is 2. The van der Waals surface area contributed by atoms with Crippen molar-refractivity contribution in [1.82, 2.24) is 24.7 Å². The van der Waals surface area contributed by atoms with Crippen LogP contribution in [0.25, 0.3) is 11.1 Å². The van der Waals surface area contributed by atoms with Crippen LogP contribution in [-0.4, -0.2) is 41.6 Å². The van der Waals surface area contributed by atoms with E-state index in [9.17, 15) is 8.42 Å². The van der Waals surface area contributed by atoms with Gasteiger partial charge in [0.25, 0.3) is 0 Å². The highest BCUT2D eigenvalue weighted by molar-refractivity contribution is 9.10. The fraction of sp³-hybridized carbons (Fsp3) is 0.143. The van der Waals surface area contributed by atoms with Gasteiger partial charge in [0.05, 0.1) is 22.8 Å². The zero-order valence-electron chi connectivity index (χ0n) is 17.9. The Hall–Kier alpha value is -3.07. The maximum atomic E-state index is 12.7. The van der Waals surface area contributed by atoms with E-state index < -0.39 is 10.2 Å². The van der Waals surface area contributed by atoms with E-state index in [0.717, 1.165) is 8.95 Å². The number of benzene rings is 1. The van der Waals surface area contributed by atoms with Crippen molar-refractivity contribution < 1.29 is 22.3 Å². The third kappa shape index (κ3) is 7.21. The molecule has 0 aliphatic carbocycles. The summed E-state index contributed by atoms with van der Waals surface area (Å²) in [4.78, 5) is 16.4. The molecule has 0 saturated heterocycles.